The largest absolute Gasteiger partial charge is 0.494 e. The fourth-order valence-electron chi connectivity index (χ4n) is 7.02. The Morgan fingerprint density at radius 1 is 0.644 bits per heavy atom. The van der Waals surface area contributed by atoms with Crippen LogP contribution in [-0.2, 0) is 6.54 Å². The first-order valence-electron chi connectivity index (χ1n) is 22.3. The molecule has 0 saturated heterocycles. The highest BCUT2D eigenvalue weighted by atomic mass is 79.9. The van der Waals surface area contributed by atoms with Gasteiger partial charge in [-0.2, -0.15) is 10.2 Å². The summed E-state index contributed by atoms with van der Waals surface area (Å²) in [6.07, 6.45) is 5.86. The number of hydrogen-bond acceptors (Lipinski definition) is 18. The maximum absolute atomic E-state index is 12.7. The van der Waals surface area contributed by atoms with Crippen LogP contribution in [0.2, 0.25) is 0 Å². The SMILES string of the molecule is CNC(=O)c1cnc(Nc2cc(C)nc(C)n2)cc1Nc1cccc(-c2ncn(CCF)n2)c1OC.CNC(=O)c1cnc(Nc2cc(C)nc(C)n2)cc1Nc1cccc(-c2ncn[nH]2)c1OC.FCCBr. The van der Waals surface area contributed by atoms with Crippen LogP contribution >= 0.6 is 15.9 Å². The van der Waals surface area contributed by atoms with Crippen LogP contribution in [0.5, 0.6) is 11.5 Å². The number of hydrogen-bond donors (Lipinski definition) is 7. The Bertz CT molecular complexity index is 3100. The number of rotatable bonds is 17. The van der Waals surface area contributed by atoms with Crippen molar-refractivity contribution < 1.29 is 27.8 Å². The summed E-state index contributed by atoms with van der Waals surface area (Å²) in [5, 5.41) is 29.7. The van der Waals surface area contributed by atoms with Crippen molar-refractivity contribution in [2.24, 2.45) is 0 Å². The second-order valence-electron chi connectivity index (χ2n) is 15.3. The first kappa shape index (κ1) is 53.6. The van der Waals surface area contributed by atoms with Crippen LogP contribution in [0.4, 0.5) is 54.8 Å². The van der Waals surface area contributed by atoms with E-state index in [-0.39, 0.29) is 25.0 Å². The van der Waals surface area contributed by atoms with Crippen molar-refractivity contribution in [3.8, 4) is 34.3 Å². The van der Waals surface area contributed by atoms with Gasteiger partial charge >= 0.3 is 0 Å². The van der Waals surface area contributed by atoms with E-state index in [0.29, 0.717) is 103 Å². The van der Waals surface area contributed by atoms with Gasteiger partial charge in [0.1, 0.15) is 54.2 Å². The number of alkyl halides is 3. The van der Waals surface area contributed by atoms with Gasteiger partial charge < -0.3 is 41.4 Å². The highest BCUT2D eigenvalue weighted by Crippen LogP contribution is 2.39. The number of methoxy groups -OCH3 is 2. The summed E-state index contributed by atoms with van der Waals surface area (Å²) in [6, 6.07) is 18.0. The Morgan fingerprint density at radius 3 is 1.59 bits per heavy atom. The highest BCUT2D eigenvalue weighted by Gasteiger charge is 2.20. The molecule has 7 N–H and O–H groups in total. The number of pyridine rings is 2. The van der Waals surface area contributed by atoms with E-state index in [0.717, 1.165) is 17.0 Å². The average molecular weight is 1060 g/mol. The molecule has 380 valence electrons. The van der Waals surface area contributed by atoms with Gasteiger partial charge in [0.15, 0.2) is 23.1 Å². The number of aryl methyl sites for hydroxylation is 5. The van der Waals surface area contributed by atoms with Gasteiger partial charge in [-0.25, -0.2) is 48.9 Å². The molecule has 22 nitrogen and oxygen atoms in total. The topological polar surface area (TPSA) is 274 Å². The van der Waals surface area contributed by atoms with E-state index < -0.39 is 6.67 Å². The van der Waals surface area contributed by atoms with Crippen molar-refractivity contribution in [1.29, 1.82) is 0 Å². The minimum atomic E-state index is -0.545. The van der Waals surface area contributed by atoms with Crippen molar-refractivity contribution >= 4 is 73.8 Å². The Labute approximate surface area is 427 Å². The molecule has 0 spiro atoms. The first-order valence-corrected chi connectivity index (χ1v) is 23.4. The van der Waals surface area contributed by atoms with Crippen LogP contribution in [0, 0.1) is 27.7 Å². The molecule has 6 aromatic heterocycles. The van der Waals surface area contributed by atoms with Crippen molar-refractivity contribution in [2.75, 3.05) is 68.3 Å². The second-order valence-corrected chi connectivity index (χ2v) is 16.1. The van der Waals surface area contributed by atoms with E-state index >= 15 is 0 Å². The lowest BCUT2D eigenvalue weighted by atomic mass is 10.1. The molecule has 0 bridgehead atoms. The standard InChI is InChI=1S/C24H26FN9O2.C22H23N9O2.C2H4BrF/c1-14-10-21(30-15(2)29-14)32-20-11-19(17(12-27-20)24(35)26-3)31-18-7-5-6-16(22(18)36-4)23-28-13-34(33-23)9-8-25;1-12-8-19(28-13(2)27-12)30-18-9-17(15(10-24-18)22(32)23-3)29-16-7-5-6-14(20(16)33-4)21-25-11-26-31-21;3-1-2-4/h5-7,10-13H,8-9H2,1-4H3,(H,26,35)(H2,27,29,30,31,32);5-11H,1-4H3,(H,23,32)(H,25,26,31)(H2,24,27,28,29,30);1-2H2. The third-order valence-corrected chi connectivity index (χ3v) is 10.3. The fourth-order valence-corrected chi connectivity index (χ4v) is 7.02. The number of nitrogens with one attached hydrogen (secondary N) is 7. The smallest absolute Gasteiger partial charge is 0.254 e. The zero-order chi connectivity index (χ0) is 52.4. The molecule has 0 aliphatic carbocycles. The van der Waals surface area contributed by atoms with Crippen LogP contribution in [0.25, 0.3) is 22.8 Å². The molecule has 2 amide bonds. The number of ether oxygens (including phenoxy) is 2. The van der Waals surface area contributed by atoms with Gasteiger partial charge in [0, 0.05) is 67.5 Å². The summed E-state index contributed by atoms with van der Waals surface area (Å²) >= 11 is 2.87. The molecule has 0 aliphatic heterocycles. The van der Waals surface area contributed by atoms with Gasteiger partial charge in [-0.15, -0.1) is 0 Å². The summed E-state index contributed by atoms with van der Waals surface area (Å²) in [6.45, 7) is 6.70. The Balaban J connectivity index is 0.000000223. The number of amides is 2. The average Bonchev–Trinajstić information content (AvgIpc) is 4.09. The number of benzene rings is 2. The van der Waals surface area contributed by atoms with Gasteiger partial charge in [-0.3, -0.25) is 19.1 Å². The summed E-state index contributed by atoms with van der Waals surface area (Å²) in [7, 11) is 6.21. The number of halogens is 3. The molecule has 73 heavy (non-hydrogen) atoms. The van der Waals surface area contributed by atoms with E-state index in [4.69, 9.17) is 9.47 Å². The predicted octanol–water partition coefficient (Wildman–Crippen LogP) is 8.05. The minimum absolute atomic E-state index is 0.112. The van der Waals surface area contributed by atoms with Gasteiger partial charge in [0.25, 0.3) is 11.8 Å². The molecular weight excluding hydrogens is 1010 g/mol. The third-order valence-electron chi connectivity index (χ3n) is 10.0. The van der Waals surface area contributed by atoms with Crippen molar-refractivity contribution in [3.05, 3.63) is 120 Å². The summed E-state index contributed by atoms with van der Waals surface area (Å²) in [5.74, 6) is 4.82. The van der Waals surface area contributed by atoms with Crippen LogP contribution < -0.4 is 41.4 Å². The molecule has 0 aliphatic rings. The van der Waals surface area contributed by atoms with E-state index in [1.54, 1.807) is 51.5 Å². The van der Waals surface area contributed by atoms with Gasteiger partial charge in [0.2, 0.25) is 0 Å². The third kappa shape index (κ3) is 14.2. The molecule has 0 unspecified atom stereocenters. The Hall–Kier alpha value is -8.74. The summed E-state index contributed by atoms with van der Waals surface area (Å²) in [4.78, 5) is 59.6. The molecule has 25 heteroatoms. The molecule has 0 radical (unpaired) electrons. The number of para-hydroxylation sites is 2. The Kier molecular flexibility index (Phi) is 19.0. The van der Waals surface area contributed by atoms with Crippen LogP contribution in [0.15, 0.2) is 85.7 Å². The lowest BCUT2D eigenvalue weighted by Gasteiger charge is -2.17. The van der Waals surface area contributed by atoms with Gasteiger partial charge in [0.05, 0.1) is 72.4 Å². The number of anilines is 8. The lowest BCUT2D eigenvalue weighted by molar-refractivity contribution is 0.0955. The van der Waals surface area contributed by atoms with E-state index in [1.807, 2.05) is 58.0 Å². The molecule has 6 heterocycles. The zero-order valence-electron chi connectivity index (χ0n) is 41.1. The van der Waals surface area contributed by atoms with E-state index in [2.05, 4.69) is 103 Å². The minimum Gasteiger partial charge on any atom is -0.494 e. The molecule has 0 fully saturated rings. The number of aromatic nitrogens is 12. The van der Waals surface area contributed by atoms with Crippen LogP contribution in [-0.4, -0.2) is 119 Å². The van der Waals surface area contributed by atoms with E-state index in [9.17, 15) is 18.4 Å². The molecule has 8 rings (SSSR count). The quantitative estimate of drug-likeness (QED) is 0.0425. The summed E-state index contributed by atoms with van der Waals surface area (Å²) < 4.78 is 36.1. The van der Waals surface area contributed by atoms with Crippen LogP contribution in [0.3, 0.4) is 0 Å². The predicted molar refractivity (Wildman–Crippen MR) is 278 cm³/mol. The number of nitrogens with zero attached hydrogens (tertiary/aromatic N) is 11. The molecule has 0 saturated carbocycles. The first-order chi connectivity index (χ1) is 35.3. The molecule has 2 aromatic carbocycles. The van der Waals surface area contributed by atoms with E-state index in [1.165, 1.54) is 36.8 Å². The molecule has 0 atom stereocenters. The Morgan fingerprint density at radius 2 is 1.15 bits per heavy atom. The normalized spacial score (nSPS) is 10.5. The van der Waals surface area contributed by atoms with Gasteiger partial charge in [-0.05, 0) is 52.0 Å². The van der Waals surface area contributed by atoms with Crippen molar-refractivity contribution in [1.82, 2.24) is 70.5 Å². The maximum atomic E-state index is 12.7. The number of aromatic amines is 1. The second kappa shape index (κ2) is 25.9. The molecular formula is C48H53BrF2N18O4. The monoisotopic (exact) mass is 1060 g/mol. The fraction of sp³-hybridized carbons (Fsp3) is 0.250. The zero-order valence-corrected chi connectivity index (χ0v) is 42.7. The highest BCUT2D eigenvalue weighted by molar-refractivity contribution is 9.09. The van der Waals surface area contributed by atoms with Crippen molar-refractivity contribution in [3.63, 3.8) is 0 Å². The van der Waals surface area contributed by atoms with Crippen LogP contribution in [0.1, 0.15) is 43.8 Å². The lowest BCUT2D eigenvalue weighted by Crippen LogP contribution is -2.19. The summed E-state index contributed by atoms with van der Waals surface area (Å²) in [5.41, 5.74) is 5.91. The van der Waals surface area contributed by atoms with Crippen molar-refractivity contribution in [2.45, 2.75) is 34.2 Å². The molecule has 8 aromatic rings. The maximum Gasteiger partial charge on any atom is 0.254 e. The number of H-pyrrole nitrogens is 1. The number of carbonyl (C=O) groups excluding carboxylic acids is 2. The number of carbonyl (C=O) groups is 2. The van der Waals surface area contributed by atoms with Gasteiger partial charge in [-0.1, -0.05) is 28.1 Å².